The Labute approximate surface area is 168 Å². The number of amides is 1. The Morgan fingerprint density at radius 1 is 0.893 bits per heavy atom. The van der Waals surface area contributed by atoms with Crippen LogP contribution in [0.1, 0.15) is 10.4 Å². The first-order valence-corrected chi connectivity index (χ1v) is 9.37. The quantitative estimate of drug-likeness (QED) is 0.733. The van der Waals surface area contributed by atoms with Crippen molar-refractivity contribution in [1.29, 1.82) is 0 Å². The molecule has 1 aliphatic heterocycles. The lowest BCUT2D eigenvalue weighted by Gasteiger charge is -2.35. The maximum absolute atomic E-state index is 12.4. The van der Waals surface area contributed by atoms with Crippen LogP contribution >= 0.6 is 11.6 Å². The number of hydrogen-bond donors (Lipinski definition) is 1. The van der Waals surface area contributed by atoms with Crippen LogP contribution in [0.25, 0.3) is 0 Å². The molecule has 0 saturated carbocycles. The topological polar surface area (TPSA) is 74.2 Å². The molecule has 7 nitrogen and oxygen atoms in total. The molecule has 4 rings (SSSR count). The third-order valence-corrected chi connectivity index (χ3v) is 4.89. The van der Waals surface area contributed by atoms with Crippen LogP contribution in [-0.2, 0) is 0 Å². The zero-order valence-corrected chi connectivity index (χ0v) is 15.9. The molecule has 142 valence electrons. The lowest BCUT2D eigenvalue weighted by molar-refractivity contribution is 0.102. The predicted octanol–water partition coefficient (Wildman–Crippen LogP) is 3.10. The fraction of sp³-hybridized carbons (Fsp3) is 0.200. The Bertz CT molecular complexity index is 942. The van der Waals surface area contributed by atoms with Gasteiger partial charge in [-0.25, -0.2) is 15.0 Å². The molecule has 1 saturated heterocycles. The molecule has 28 heavy (non-hydrogen) atoms. The minimum atomic E-state index is -0.292. The summed E-state index contributed by atoms with van der Waals surface area (Å²) in [5.41, 5.74) is 0.944. The van der Waals surface area contributed by atoms with Gasteiger partial charge in [-0.2, -0.15) is 0 Å². The number of para-hydroxylation sites is 1. The summed E-state index contributed by atoms with van der Waals surface area (Å²) >= 11 is 6.08. The zero-order valence-electron chi connectivity index (χ0n) is 15.1. The van der Waals surface area contributed by atoms with E-state index < -0.39 is 0 Å². The second kappa shape index (κ2) is 8.22. The molecule has 1 N–H and O–H groups in total. The van der Waals surface area contributed by atoms with Gasteiger partial charge in [0.15, 0.2) is 0 Å². The number of rotatable bonds is 4. The average Bonchev–Trinajstić information content (AvgIpc) is 2.76. The Hall–Kier alpha value is -3.19. The van der Waals surface area contributed by atoms with E-state index in [0.29, 0.717) is 22.2 Å². The zero-order chi connectivity index (χ0) is 19.3. The number of benzene rings is 1. The molecule has 1 aromatic carbocycles. The molecular weight excluding hydrogens is 376 g/mol. The number of carbonyl (C=O) groups is 1. The third kappa shape index (κ3) is 4.04. The molecule has 3 aromatic rings. The van der Waals surface area contributed by atoms with E-state index in [4.69, 9.17) is 11.6 Å². The second-order valence-corrected chi connectivity index (χ2v) is 6.77. The number of halogens is 1. The Morgan fingerprint density at radius 3 is 2.25 bits per heavy atom. The van der Waals surface area contributed by atoms with Crippen LogP contribution in [0.3, 0.4) is 0 Å². The first-order valence-electron chi connectivity index (χ1n) is 8.99. The number of carbonyl (C=O) groups excluding carboxylic acids is 1. The molecular formula is C20H19ClN6O. The standard InChI is InChI=1S/C20H19ClN6O/c21-16-5-1-2-6-17(16)25-19(28)15-13-23-20(24-14-15)27-11-9-26(10-12-27)18-7-3-4-8-22-18/h1-8,13-14H,9-12H2,(H,25,28). The highest BCUT2D eigenvalue weighted by Crippen LogP contribution is 2.21. The molecule has 1 aliphatic rings. The van der Waals surface area contributed by atoms with Crippen molar-refractivity contribution in [3.8, 4) is 0 Å². The molecule has 0 atom stereocenters. The fourth-order valence-electron chi connectivity index (χ4n) is 3.04. The Morgan fingerprint density at radius 2 is 1.57 bits per heavy atom. The Kier molecular flexibility index (Phi) is 5.34. The summed E-state index contributed by atoms with van der Waals surface area (Å²) in [6.07, 6.45) is 4.89. The van der Waals surface area contributed by atoms with E-state index in [-0.39, 0.29) is 5.91 Å². The van der Waals surface area contributed by atoms with Gasteiger partial charge in [0, 0.05) is 44.8 Å². The van der Waals surface area contributed by atoms with E-state index in [9.17, 15) is 4.79 Å². The predicted molar refractivity (Wildman–Crippen MR) is 110 cm³/mol. The van der Waals surface area contributed by atoms with Crippen molar-refractivity contribution >= 4 is 35.0 Å². The van der Waals surface area contributed by atoms with Gasteiger partial charge in [-0.3, -0.25) is 4.79 Å². The van der Waals surface area contributed by atoms with Crippen molar-refractivity contribution in [2.45, 2.75) is 0 Å². The first-order chi connectivity index (χ1) is 13.7. The summed E-state index contributed by atoms with van der Waals surface area (Å²) < 4.78 is 0. The molecule has 8 heteroatoms. The maximum atomic E-state index is 12.4. The van der Waals surface area contributed by atoms with Crippen molar-refractivity contribution in [3.63, 3.8) is 0 Å². The summed E-state index contributed by atoms with van der Waals surface area (Å²) in [5, 5.41) is 3.26. The van der Waals surface area contributed by atoms with Gasteiger partial charge in [-0.15, -0.1) is 0 Å². The van der Waals surface area contributed by atoms with Gasteiger partial charge in [0.25, 0.3) is 5.91 Å². The molecule has 1 amide bonds. The lowest BCUT2D eigenvalue weighted by atomic mass is 10.2. The van der Waals surface area contributed by atoms with Gasteiger partial charge in [0.1, 0.15) is 5.82 Å². The number of nitrogens with zero attached hydrogens (tertiary/aromatic N) is 5. The van der Waals surface area contributed by atoms with Crippen LogP contribution in [0, 0.1) is 0 Å². The summed E-state index contributed by atoms with van der Waals surface area (Å²) in [4.78, 5) is 29.9. The van der Waals surface area contributed by atoms with Crippen LogP contribution < -0.4 is 15.1 Å². The van der Waals surface area contributed by atoms with Crippen LogP contribution in [-0.4, -0.2) is 47.0 Å². The summed E-state index contributed by atoms with van der Waals surface area (Å²) in [6.45, 7) is 3.27. The SMILES string of the molecule is O=C(Nc1ccccc1Cl)c1cnc(N2CCN(c3ccccn3)CC2)nc1. The summed E-state index contributed by atoms with van der Waals surface area (Å²) in [5.74, 6) is 1.31. The molecule has 0 bridgehead atoms. The van der Waals surface area contributed by atoms with Crippen LogP contribution in [0.2, 0.25) is 5.02 Å². The number of nitrogens with one attached hydrogen (secondary N) is 1. The van der Waals surface area contributed by atoms with E-state index in [2.05, 4.69) is 30.1 Å². The minimum Gasteiger partial charge on any atom is -0.353 e. The van der Waals surface area contributed by atoms with E-state index in [1.54, 1.807) is 30.7 Å². The van der Waals surface area contributed by atoms with Gasteiger partial charge >= 0.3 is 0 Å². The van der Waals surface area contributed by atoms with Crippen LogP contribution in [0.4, 0.5) is 17.5 Å². The minimum absolute atomic E-state index is 0.292. The van der Waals surface area contributed by atoms with Gasteiger partial charge < -0.3 is 15.1 Å². The molecule has 0 aliphatic carbocycles. The molecule has 2 aromatic heterocycles. The molecule has 1 fully saturated rings. The number of piperazine rings is 1. The maximum Gasteiger partial charge on any atom is 0.258 e. The smallest absolute Gasteiger partial charge is 0.258 e. The lowest BCUT2D eigenvalue weighted by Crippen LogP contribution is -2.47. The van der Waals surface area contributed by atoms with Crippen molar-refractivity contribution in [1.82, 2.24) is 15.0 Å². The number of aromatic nitrogens is 3. The number of pyridine rings is 1. The van der Waals surface area contributed by atoms with Crippen LogP contribution in [0.5, 0.6) is 0 Å². The molecule has 0 radical (unpaired) electrons. The first kappa shape index (κ1) is 18.2. The highest BCUT2D eigenvalue weighted by molar-refractivity contribution is 6.33. The fourth-order valence-corrected chi connectivity index (χ4v) is 3.22. The second-order valence-electron chi connectivity index (χ2n) is 6.37. The highest BCUT2D eigenvalue weighted by Gasteiger charge is 2.20. The van der Waals surface area contributed by atoms with Crippen LogP contribution in [0.15, 0.2) is 61.1 Å². The van der Waals surface area contributed by atoms with E-state index in [0.717, 1.165) is 32.0 Å². The van der Waals surface area contributed by atoms with Gasteiger partial charge in [0.2, 0.25) is 5.95 Å². The Balaban J connectivity index is 1.37. The third-order valence-electron chi connectivity index (χ3n) is 4.56. The van der Waals surface area contributed by atoms with Gasteiger partial charge in [-0.05, 0) is 24.3 Å². The largest absolute Gasteiger partial charge is 0.353 e. The molecule has 3 heterocycles. The van der Waals surface area contributed by atoms with Crippen molar-refractivity contribution in [2.75, 3.05) is 41.3 Å². The van der Waals surface area contributed by atoms with Crippen molar-refractivity contribution < 1.29 is 4.79 Å². The number of hydrogen-bond acceptors (Lipinski definition) is 6. The van der Waals surface area contributed by atoms with E-state index >= 15 is 0 Å². The van der Waals surface area contributed by atoms with Gasteiger partial charge in [0.05, 0.1) is 16.3 Å². The molecule has 0 unspecified atom stereocenters. The van der Waals surface area contributed by atoms with E-state index in [1.165, 1.54) is 0 Å². The average molecular weight is 395 g/mol. The van der Waals surface area contributed by atoms with Crippen molar-refractivity contribution in [3.05, 3.63) is 71.6 Å². The molecule has 0 spiro atoms. The normalized spacial score (nSPS) is 14.0. The summed E-state index contributed by atoms with van der Waals surface area (Å²) in [6, 6.07) is 13.0. The van der Waals surface area contributed by atoms with Crippen molar-refractivity contribution in [2.24, 2.45) is 0 Å². The van der Waals surface area contributed by atoms with E-state index in [1.807, 2.05) is 30.3 Å². The monoisotopic (exact) mass is 394 g/mol. The summed E-state index contributed by atoms with van der Waals surface area (Å²) in [7, 11) is 0. The van der Waals surface area contributed by atoms with Gasteiger partial charge in [-0.1, -0.05) is 29.8 Å². The highest BCUT2D eigenvalue weighted by atomic mass is 35.5. The number of anilines is 3.